The molecule has 0 bridgehead atoms. The summed E-state index contributed by atoms with van der Waals surface area (Å²) in [5.41, 5.74) is 0.631. The summed E-state index contributed by atoms with van der Waals surface area (Å²) >= 11 is 0. The van der Waals surface area contributed by atoms with Crippen LogP contribution in [0.15, 0.2) is 0 Å². The van der Waals surface area contributed by atoms with E-state index in [9.17, 15) is 0 Å². The van der Waals surface area contributed by atoms with Crippen molar-refractivity contribution in [3.05, 3.63) is 0 Å². The van der Waals surface area contributed by atoms with Crippen LogP contribution in [-0.4, -0.2) is 61.8 Å². The molecule has 3 nitrogen and oxygen atoms in total. The molecule has 0 radical (unpaired) electrons. The molecule has 3 aliphatic rings. The van der Waals surface area contributed by atoms with E-state index in [0.29, 0.717) is 11.5 Å². The molecule has 0 aromatic heterocycles. The second-order valence-corrected chi connectivity index (χ2v) is 8.75. The SMILES string of the molecule is CC(C)N1CCN(C)CC1.CCCC1(COC2CCCCC2)CC1. The molecule has 1 aliphatic heterocycles. The third kappa shape index (κ3) is 7.01. The number of hydrogen-bond acceptors (Lipinski definition) is 3. The maximum atomic E-state index is 6.06. The lowest BCUT2D eigenvalue weighted by atomic mass is 9.97. The smallest absolute Gasteiger partial charge is 0.0575 e. The summed E-state index contributed by atoms with van der Waals surface area (Å²) in [4.78, 5) is 4.92. The molecule has 1 saturated heterocycles. The second-order valence-electron chi connectivity index (χ2n) is 8.75. The van der Waals surface area contributed by atoms with E-state index in [1.807, 2.05) is 0 Å². The summed E-state index contributed by atoms with van der Waals surface area (Å²) in [5.74, 6) is 0. The molecule has 3 rings (SSSR count). The fraction of sp³-hybridized carbons (Fsp3) is 1.00. The predicted molar refractivity (Wildman–Crippen MR) is 104 cm³/mol. The van der Waals surface area contributed by atoms with Crippen LogP contribution in [0.1, 0.15) is 78.6 Å². The molecule has 3 heteroatoms. The summed E-state index contributed by atoms with van der Waals surface area (Å²) in [5, 5.41) is 0. The minimum Gasteiger partial charge on any atom is -0.378 e. The second kappa shape index (κ2) is 10.1. The zero-order chi connectivity index (χ0) is 17.4. The van der Waals surface area contributed by atoms with Crippen molar-refractivity contribution >= 4 is 0 Å². The zero-order valence-electron chi connectivity index (χ0n) is 16.9. The van der Waals surface area contributed by atoms with E-state index < -0.39 is 0 Å². The van der Waals surface area contributed by atoms with Crippen molar-refractivity contribution in [2.24, 2.45) is 5.41 Å². The molecular weight excluding hydrogens is 296 g/mol. The van der Waals surface area contributed by atoms with Crippen LogP contribution in [-0.2, 0) is 4.74 Å². The predicted octanol–water partition coefficient (Wildman–Crippen LogP) is 4.56. The number of ether oxygens (including phenoxy) is 1. The molecule has 142 valence electrons. The Morgan fingerprint density at radius 2 is 1.62 bits per heavy atom. The molecule has 0 N–H and O–H groups in total. The van der Waals surface area contributed by atoms with Crippen molar-refractivity contribution in [1.29, 1.82) is 0 Å². The minimum atomic E-state index is 0.609. The zero-order valence-corrected chi connectivity index (χ0v) is 16.9. The summed E-state index contributed by atoms with van der Waals surface area (Å²) in [6, 6.07) is 0.730. The van der Waals surface area contributed by atoms with Crippen LogP contribution in [0.2, 0.25) is 0 Å². The largest absolute Gasteiger partial charge is 0.378 e. The van der Waals surface area contributed by atoms with E-state index in [0.717, 1.165) is 12.6 Å². The van der Waals surface area contributed by atoms with E-state index in [1.54, 1.807) is 0 Å². The van der Waals surface area contributed by atoms with Crippen molar-refractivity contribution in [2.75, 3.05) is 39.8 Å². The molecule has 0 amide bonds. The van der Waals surface area contributed by atoms with Crippen molar-refractivity contribution in [2.45, 2.75) is 90.7 Å². The van der Waals surface area contributed by atoms with Gasteiger partial charge in [-0.25, -0.2) is 0 Å². The number of nitrogens with zero attached hydrogens (tertiary/aromatic N) is 2. The van der Waals surface area contributed by atoms with E-state index in [1.165, 1.54) is 84.0 Å². The Balaban J connectivity index is 0.000000185. The van der Waals surface area contributed by atoms with Crippen LogP contribution in [0.25, 0.3) is 0 Å². The average Bonchev–Trinajstić information content (AvgIpc) is 3.35. The fourth-order valence-electron chi connectivity index (χ4n) is 4.04. The van der Waals surface area contributed by atoms with E-state index in [4.69, 9.17) is 4.74 Å². The summed E-state index contributed by atoms with van der Waals surface area (Å²) in [6.45, 7) is 12.8. The van der Waals surface area contributed by atoms with Gasteiger partial charge < -0.3 is 9.64 Å². The lowest BCUT2D eigenvalue weighted by Crippen LogP contribution is -2.47. The Hall–Kier alpha value is -0.120. The minimum absolute atomic E-state index is 0.609. The Morgan fingerprint density at radius 1 is 1.00 bits per heavy atom. The lowest BCUT2D eigenvalue weighted by Gasteiger charge is -2.34. The first-order valence-electron chi connectivity index (χ1n) is 10.6. The van der Waals surface area contributed by atoms with Gasteiger partial charge in [0, 0.05) is 32.2 Å². The monoisotopic (exact) mass is 338 g/mol. The molecular formula is C21H42N2O. The van der Waals surface area contributed by atoms with Crippen LogP contribution < -0.4 is 0 Å². The van der Waals surface area contributed by atoms with Gasteiger partial charge in [0.25, 0.3) is 0 Å². The first-order chi connectivity index (χ1) is 11.5. The first-order valence-corrected chi connectivity index (χ1v) is 10.6. The standard InChI is InChI=1S/C13H24O.C8H18N2/c1-2-8-13(9-10-13)11-14-12-6-4-3-5-7-12;1-8(2)10-6-4-9(3)5-7-10/h12H,2-11H2,1H3;8H,4-7H2,1-3H3. The maximum absolute atomic E-state index is 6.06. The van der Waals surface area contributed by atoms with E-state index in [-0.39, 0.29) is 0 Å². The Morgan fingerprint density at radius 3 is 2.12 bits per heavy atom. The van der Waals surface area contributed by atoms with Gasteiger partial charge in [0.1, 0.15) is 0 Å². The van der Waals surface area contributed by atoms with Crippen molar-refractivity contribution in [3.8, 4) is 0 Å². The Labute approximate surface area is 151 Å². The highest BCUT2D eigenvalue weighted by Crippen LogP contribution is 2.50. The number of piperazine rings is 1. The van der Waals surface area contributed by atoms with Crippen LogP contribution in [0.3, 0.4) is 0 Å². The van der Waals surface area contributed by atoms with Gasteiger partial charge in [-0.1, -0.05) is 32.6 Å². The van der Waals surface area contributed by atoms with Gasteiger partial charge in [0.15, 0.2) is 0 Å². The van der Waals surface area contributed by atoms with Crippen molar-refractivity contribution in [1.82, 2.24) is 9.80 Å². The lowest BCUT2D eigenvalue weighted by molar-refractivity contribution is -0.0000966. The third-order valence-electron chi connectivity index (χ3n) is 6.18. The van der Waals surface area contributed by atoms with E-state index in [2.05, 4.69) is 37.6 Å². The molecule has 0 aromatic carbocycles. The highest BCUT2D eigenvalue weighted by atomic mass is 16.5. The van der Waals surface area contributed by atoms with Crippen LogP contribution in [0.5, 0.6) is 0 Å². The quantitative estimate of drug-likeness (QED) is 0.706. The highest BCUT2D eigenvalue weighted by molar-refractivity contribution is 4.92. The van der Waals surface area contributed by atoms with Gasteiger partial charge in [-0.3, -0.25) is 4.90 Å². The molecule has 3 fully saturated rings. The molecule has 0 atom stereocenters. The molecule has 0 unspecified atom stereocenters. The van der Waals surface area contributed by atoms with Crippen LogP contribution >= 0.6 is 0 Å². The maximum Gasteiger partial charge on any atom is 0.0575 e. The third-order valence-corrected chi connectivity index (χ3v) is 6.18. The van der Waals surface area contributed by atoms with Crippen molar-refractivity contribution < 1.29 is 4.74 Å². The highest BCUT2D eigenvalue weighted by Gasteiger charge is 2.42. The van der Waals surface area contributed by atoms with Crippen LogP contribution in [0.4, 0.5) is 0 Å². The van der Waals surface area contributed by atoms with Gasteiger partial charge in [-0.05, 0) is 58.4 Å². The fourth-order valence-corrected chi connectivity index (χ4v) is 4.04. The van der Waals surface area contributed by atoms with Gasteiger partial charge >= 0.3 is 0 Å². The normalized spacial score (nSPS) is 25.4. The van der Waals surface area contributed by atoms with Gasteiger partial charge in [0.2, 0.25) is 0 Å². The molecule has 24 heavy (non-hydrogen) atoms. The van der Waals surface area contributed by atoms with Gasteiger partial charge in [-0.15, -0.1) is 0 Å². The molecule has 0 aromatic rings. The van der Waals surface area contributed by atoms with Crippen LogP contribution in [0, 0.1) is 5.41 Å². The summed E-state index contributed by atoms with van der Waals surface area (Å²) in [7, 11) is 2.19. The van der Waals surface area contributed by atoms with Gasteiger partial charge in [0.05, 0.1) is 12.7 Å². The Bertz CT molecular complexity index is 327. The molecule has 2 saturated carbocycles. The number of likely N-dealkylation sites (N-methyl/N-ethyl adjacent to an activating group) is 1. The van der Waals surface area contributed by atoms with E-state index >= 15 is 0 Å². The van der Waals surface area contributed by atoms with Gasteiger partial charge in [-0.2, -0.15) is 0 Å². The van der Waals surface area contributed by atoms with Crippen molar-refractivity contribution in [3.63, 3.8) is 0 Å². The topological polar surface area (TPSA) is 15.7 Å². The summed E-state index contributed by atoms with van der Waals surface area (Å²) < 4.78 is 6.06. The first kappa shape index (κ1) is 20.2. The number of hydrogen-bond donors (Lipinski definition) is 0. The summed E-state index contributed by atoms with van der Waals surface area (Å²) in [6.07, 6.45) is 13.0. The average molecular weight is 339 g/mol. The molecule has 0 spiro atoms. The molecule has 2 aliphatic carbocycles. The Kier molecular flexibility index (Phi) is 8.53. The number of rotatable bonds is 6. The molecule has 1 heterocycles.